The molecule has 0 spiro atoms. The number of nitrogens with zero attached hydrogens (tertiary/aromatic N) is 2. The van der Waals surface area contributed by atoms with Crippen LogP contribution in [-0.2, 0) is 13.6 Å². The van der Waals surface area contributed by atoms with Crippen molar-refractivity contribution in [2.45, 2.75) is 13.0 Å². The Morgan fingerprint density at radius 1 is 1.38 bits per heavy atom. The van der Waals surface area contributed by atoms with E-state index in [9.17, 15) is 0 Å². The van der Waals surface area contributed by atoms with E-state index in [1.165, 1.54) is 10.9 Å². The molecule has 1 heterocycles. The Labute approximate surface area is 104 Å². The second-order valence-corrected chi connectivity index (χ2v) is 4.60. The van der Waals surface area contributed by atoms with Gasteiger partial charge in [0.25, 0.3) is 0 Å². The van der Waals surface area contributed by atoms with Crippen LogP contribution in [0.3, 0.4) is 0 Å². The van der Waals surface area contributed by atoms with Crippen molar-refractivity contribution in [3.8, 4) is 0 Å². The summed E-state index contributed by atoms with van der Waals surface area (Å²) in [6.07, 6.45) is 1.14. The molecule has 0 aliphatic rings. The maximum atomic E-state index is 4.53. The molecule has 0 atom stereocenters. The van der Waals surface area contributed by atoms with Crippen LogP contribution < -0.4 is 5.32 Å². The first-order valence-electron chi connectivity index (χ1n) is 5.50. The fraction of sp³-hybridized carbons (Fsp3) is 0.417. The van der Waals surface area contributed by atoms with Crippen molar-refractivity contribution < 1.29 is 0 Å². The lowest BCUT2D eigenvalue weighted by molar-refractivity contribution is 0.654. The van der Waals surface area contributed by atoms with Crippen LogP contribution in [0.4, 0.5) is 0 Å². The lowest BCUT2D eigenvalue weighted by Crippen LogP contribution is -2.15. The van der Waals surface area contributed by atoms with E-state index in [0.717, 1.165) is 30.5 Å². The Morgan fingerprint density at radius 2 is 2.19 bits per heavy atom. The lowest BCUT2D eigenvalue weighted by Gasteiger charge is -2.00. The Balaban J connectivity index is 2.12. The van der Waals surface area contributed by atoms with Gasteiger partial charge in [-0.1, -0.05) is 34.1 Å². The molecule has 1 aromatic heterocycles. The molecule has 0 saturated carbocycles. The summed E-state index contributed by atoms with van der Waals surface area (Å²) < 4.78 is 1.94. The molecule has 0 amide bonds. The molecule has 1 aromatic carbocycles. The minimum absolute atomic E-state index is 0.842. The van der Waals surface area contributed by atoms with Crippen LogP contribution in [0.15, 0.2) is 24.3 Å². The van der Waals surface area contributed by atoms with Gasteiger partial charge in [0, 0.05) is 24.3 Å². The zero-order chi connectivity index (χ0) is 11.4. The Bertz CT molecular complexity index is 464. The molecular formula is C12H16BrN3. The van der Waals surface area contributed by atoms with Gasteiger partial charge in [-0.15, -0.1) is 0 Å². The van der Waals surface area contributed by atoms with Gasteiger partial charge < -0.3 is 5.32 Å². The molecular weight excluding hydrogens is 266 g/mol. The van der Waals surface area contributed by atoms with Crippen molar-refractivity contribution in [2.24, 2.45) is 7.05 Å². The van der Waals surface area contributed by atoms with E-state index in [-0.39, 0.29) is 0 Å². The number of aromatic nitrogens is 2. The number of halogens is 1. The summed E-state index contributed by atoms with van der Waals surface area (Å²) >= 11 is 3.42. The highest BCUT2D eigenvalue weighted by Crippen LogP contribution is 2.16. The molecule has 16 heavy (non-hydrogen) atoms. The second-order valence-electron chi connectivity index (χ2n) is 3.81. The fourth-order valence-electron chi connectivity index (χ4n) is 1.82. The maximum absolute atomic E-state index is 4.53. The van der Waals surface area contributed by atoms with Crippen molar-refractivity contribution in [1.82, 2.24) is 15.1 Å². The van der Waals surface area contributed by atoms with Crippen LogP contribution in [-0.4, -0.2) is 21.7 Å². The van der Waals surface area contributed by atoms with Gasteiger partial charge in [0.05, 0.1) is 11.2 Å². The van der Waals surface area contributed by atoms with E-state index in [2.05, 4.69) is 44.5 Å². The number of hydrogen-bond acceptors (Lipinski definition) is 2. The van der Waals surface area contributed by atoms with Crippen molar-refractivity contribution in [3.63, 3.8) is 0 Å². The molecule has 2 aromatic rings. The first-order valence-corrected chi connectivity index (χ1v) is 6.62. The van der Waals surface area contributed by atoms with Crippen molar-refractivity contribution in [3.05, 3.63) is 30.0 Å². The quantitative estimate of drug-likeness (QED) is 0.674. The number of nitrogens with one attached hydrogen (secondary N) is 1. The first-order chi connectivity index (χ1) is 7.83. The number of fused-ring (bicyclic) bond motifs is 1. The minimum Gasteiger partial charge on any atom is -0.311 e. The van der Waals surface area contributed by atoms with Crippen molar-refractivity contribution >= 4 is 26.8 Å². The predicted molar refractivity (Wildman–Crippen MR) is 70.8 cm³/mol. The van der Waals surface area contributed by atoms with Crippen LogP contribution in [0.2, 0.25) is 0 Å². The molecule has 0 radical (unpaired) electrons. The van der Waals surface area contributed by atoms with Crippen LogP contribution in [0.1, 0.15) is 12.1 Å². The van der Waals surface area contributed by atoms with Crippen molar-refractivity contribution in [1.29, 1.82) is 0 Å². The highest BCUT2D eigenvalue weighted by Gasteiger charge is 2.06. The number of hydrogen-bond donors (Lipinski definition) is 1. The van der Waals surface area contributed by atoms with E-state index in [1.54, 1.807) is 0 Å². The summed E-state index contributed by atoms with van der Waals surface area (Å²) in [5.74, 6) is 0. The average Bonchev–Trinajstić information content (AvgIpc) is 2.63. The van der Waals surface area contributed by atoms with Crippen LogP contribution in [0, 0.1) is 0 Å². The largest absolute Gasteiger partial charge is 0.311 e. The van der Waals surface area contributed by atoms with E-state index in [0.29, 0.717) is 0 Å². The Hall–Kier alpha value is -0.870. The summed E-state index contributed by atoms with van der Waals surface area (Å²) in [5.41, 5.74) is 2.33. The highest BCUT2D eigenvalue weighted by molar-refractivity contribution is 9.09. The van der Waals surface area contributed by atoms with Gasteiger partial charge in [0.1, 0.15) is 0 Å². The van der Waals surface area contributed by atoms with Gasteiger partial charge in [-0.05, 0) is 19.0 Å². The first kappa shape index (κ1) is 11.6. The number of benzene rings is 1. The zero-order valence-corrected chi connectivity index (χ0v) is 11.0. The molecule has 0 saturated heterocycles. The summed E-state index contributed by atoms with van der Waals surface area (Å²) in [5, 5.41) is 10.2. The molecule has 0 aliphatic carbocycles. The van der Waals surface area contributed by atoms with Gasteiger partial charge in [-0.2, -0.15) is 5.10 Å². The molecule has 0 unspecified atom stereocenters. The number of aryl methyl sites for hydroxylation is 1. The molecule has 0 aliphatic heterocycles. The van der Waals surface area contributed by atoms with Gasteiger partial charge in [-0.3, -0.25) is 4.68 Å². The van der Waals surface area contributed by atoms with Crippen LogP contribution in [0.5, 0.6) is 0 Å². The summed E-state index contributed by atoms with van der Waals surface area (Å²) in [6.45, 7) is 1.87. The summed E-state index contributed by atoms with van der Waals surface area (Å²) in [4.78, 5) is 0. The van der Waals surface area contributed by atoms with Gasteiger partial charge in [0.15, 0.2) is 0 Å². The molecule has 4 heteroatoms. The average molecular weight is 282 g/mol. The Kier molecular flexibility index (Phi) is 3.96. The number of rotatable bonds is 5. The van der Waals surface area contributed by atoms with E-state index < -0.39 is 0 Å². The fourth-order valence-corrected chi connectivity index (χ4v) is 2.10. The molecule has 0 bridgehead atoms. The normalized spacial score (nSPS) is 11.1. The predicted octanol–water partition coefficient (Wildman–Crippen LogP) is 2.45. The maximum Gasteiger partial charge on any atom is 0.0841 e. The third-order valence-electron chi connectivity index (χ3n) is 2.61. The second kappa shape index (κ2) is 5.46. The zero-order valence-electron chi connectivity index (χ0n) is 9.41. The van der Waals surface area contributed by atoms with E-state index >= 15 is 0 Å². The smallest absolute Gasteiger partial charge is 0.0841 e. The third kappa shape index (κ3) is 2.44. The standard InChI is InChI=1S/C12H16BrN3/c1-16-12-6-3-2-5-10(12)11(15-16)9-14-8-4-7-13/h2-3,5-6,14H,4,7-9H2,1H3. The SMILES string of the molecule is Cn1nc(CNCCCBr)c2ccccc21. The molecule has 2 rings (SSSR count). The monoisotopic (exact) mass is 281 g/mol. The molecule has 0 fully saturated rings. The van der Waals surface area contributed by atoms with Gasteiger partial charge in [-0.25, -0.2) is 0 Å². The molecule has 1 N–H and O–H groups in total. The van der Waals surface area contributed by atoms with Gasteiger partial charge in [0.2, 0.25) is 0 Å². The lowest BCUT2D eigenvalue weighted by atomic mass is 10.2. The van der Waals surface area contributed by atoms with Crippen LogP contribution >= 0.6 is 15.9 Å². The Morgan fingerprint density at radius 3 is 3.00 bits per heavy atom. The topological polar surface area (TPSA) is 29.9 Å². The molecule has 86 valence electrons. The third-order valence-corrected chi connectivity index (χ3v) is 3.17. The number of para-hydroxylation sites is 1. The number of alkyl halides is 1. The summed E-state index contributed by atoms with van der Waals surface area (Å²) in [6, 6.07) is 8.34. The van der Waals surface area contributed by atoms with Gasteiger partial charge >= 0.3 is 0 Å². The van der Waals surface area contributed by atoms with Crippen molar-refractivity contribution in [2.75, 3.05) is 11.9 Å². The summed E-state index contributed by atoms with van der Waals surface area (Å²) in [7, 11) is 1.99. The van der Waals surface area contributed by atoms with E-state index in [4.69, 9.17) is 0 Å². The van der Waals surface area contributed by atoms with Crippen LogP contribution in [0.25, 0.3) is 10.9 Å². The van der Waals surface area contributed by atoms with E-state index in [1.807, 2.05) is 17.8 Å². The molecule has 3 nitrogen and oxygen atoms in total. The minimum atomic E-state index is 0.842. The highest BCUT2D eigenvalue weighted by atomic mass is 79.9.